The number of rotatable bonds is 71. The van der Waals surface area contributed by atoms with Crippen molar-refractivity contribution in [2.45, 2.75) is 442 Å². The zero-order valence-corrected chi connectivity index (χ0v) is 59.8. The number of carbonyl (C=O) groups is 2. The Morgan fingerprint density at radius 1 is 0.407 bits per heavy atom. The molecule has 1 aliphatic heterocycles. The normalized spacial score (nSPS) is 17.7. The molecule has 0 bridgehead atoms. The first-order valence-electron chi connectivity index (χ1n) is 39.8. The van der Waals surface area contributed by atoms with Crippen molar-refractivity contribution in [2.24, 2.45) is 0 Å². The first kappa shape index (κ1) is 86.9. The lowest BCUT2D eigenvalue weighted by Gasteiger charge is -2.40. The van der Waals surface area contributed by atoms with Gasteiger partial charge in [0.2, 0.25) is 5.91 Å². The molecule has 1 heterocycles. The minimum atomic E-state index is -1.57. The minimum Gasteiger partial charge on any atom is -0.466 e. The highest BCUT2D eigenvalue weighted by Crippen LogP contribution is 2.24. The molecule has 0 aromatic rings. The zero-order chi connectivity index (χ0) is 65.8. The average molecular weight is 1290 g/mol. The van der Waals surface area contributed by atoms with Gasteiger partial charge in [-0.2, -0.15) is 0 Å². The Morgan fingerprint density at radius 3 is 1.13 bits per heavy atom. The van der Waals surface area contributed by atoms with Crippen molar-refractivity contribution in [3.05, 3.63) is 36.5 Å². The molecule has 7 atom stereocenters. The molecule has 0 aliphatic carbocycles. The molecule has 11 heteroatoms. The number of aliphatic hydroxyl groups is 5. The largest absolute Gasteiger partial charge is 0.466 e. The molecule has 91 heavy (non-hydrogen) atoms. The van der Waals surface area contributed by atoms with E-state index in [1.165, 1.54) is 308 Å². The number of hydrogen-bond donors (Lipinski definition) is 6. The predicted molar refractivity (Wildman–Crippen MR) is 384 cm³/mol. The maximum atomic E-state index is 13.0. The van der Waals surface area contributed by atoms with Crippen molar-refractivity contribution in [1.82, 2.24) is 5.32 Å². The summed E-state index contributed by atoms with van der Waals surface area (Å²) in [4.78, 5) is 25.2. The Balaban J connectivity index is 1.84. The van der Waals surface area contributed by atoms with E-state index in [1.54, 1.807) is 6.08 Å². The molecule has 0 aromatic carbocycles. The van der Waals surface area contributed by atoms with E-state index < -0.39 is 49.5 Å². The van der Waals surface area contributed by atoms with Crippen molar-refractivity contribution in [3.63, 3.8) is 0 Å². The van der Waals surface area contributed by atoms with E-state index in [2.05, 4.69) is 43.5 Å². The highest BCUT2D eigenvalue weighted by atomic mass is 16.7. The van der Waals surface area contributed by atoms with Crippen LogP contribution in [0.15, 0.2) is 36.5 Å². The van der Waals surface area contributed by atoms with Crippen LogP contribution in [0.2, 0.25) is 0 Å². The number of aliphatic hydroxyl groups excluding tert-OH is 5. The lowest BCUT2D eigenvalue weighted by atomic mass is 9.99. The third-order valence-electron chi connectivity index (χ3n) is 19.0. The number of amides is 1. The maximum Gasteiger partial charge on any atom is 0.305 e. The highest BCUT2D eigenvalue weighted by Gasteiger charge is 2.44. The molecule has 7 unspecified atom stereocenters. The van der Waals surface area contributed by atoms with Crippen molar-refractivity contribution in [3.8, 4) is 0 Å². The fourth-order valence-electron chi connectivity index (χ4n) is 12.8. The van der Waals surface area contributed by atoms with Gasteiger partial charge in [0.05, 0.1) is 32.0 Å². The van der Waals surface area contributed by atoms with Gasteiger partial charge in [-0.05, 0) is 64.2 Å². The summed E-state index contributed by atoms with van der Waals surface area (Å²) in [5.41, 5.74) is 0. The van der Waals surface area contributed by atoms with E-state index in [0.29, 0.717) is 19.4 Å². The molecule has 1 fully saturated rings. The van der Waals surface area contributed by atoms with Crippen molar-refractivity contribution in [1.29, 1.82) is 0 Å². The summed E-state index contributed by atoms with van der Waals surface area (Å²) in [6, 6.07) is -0.804. The van der Waals surface area contributed by atoms with E-state index in [0.717, 1.165) is 64.2 Å². The Labute approximate surface area is 562 Å². The molecule has 0 saturated carbocycles. The molecule has 536 valence electrons. The van der Waals surface area contributed by atoms with Crippen LogP contribution in [0.4, 0.5) is 0 Å². The molecule has 0 spiro atoms. The van der Waals surface area contributed by atoms with E-state index in [1.807, 2.05) is 6.08 Å². The van der Waals surface area contributed by atoms with Crippen LogP contribution >= 0.6 is 0 Å². The number of hydrogen-bond acceptors (Lipinski definition) is 10. The first-order valence-corrected chi connectivity index (χ1v) is 39.8. The van der Waals surface area contributed by atoms with Gasteiger partial charge in [-0.15, -0.1) is 0 Å². The van der Waals surface area contributed by atoms with E-state index >= 15 is 0 Å². The predicted octanol–water partition coefficient (Wildman–Crippen LogP) is 21.3. The molecule has 6 N–H and O–H groups in total. The summed E-state index contributed by atoms with van der Waals surface area (Å²) < 4.78 is 16.8. The standard InChI is InChI=1S/C80H151NO10/c1-3-5-7-9-11-13-14-15-16-17-35-39-42-45-48-52-56-60-64-68-76(85)89-69-65-61-57-53-49-46-43-40-37-34-32-30-28-26-24-22-20-18-19-21-23-25-27-29-31-33-36-38-41-44-47-51-55-59-63-67-75(84)81-72(73(83)66-62-58-54-50-12-10-8-6-4-2)71-90-80-79(88)78(87)77(86)74(70-82)91-80/h11,13,15-16,62,66,72-74,77-80,82-83,86-88H,3-10,12,14,17-61,63-65,67-71H2,1-2H3,(H,81,84)/b13-11-,16-15-,66-62+. The zero-order valence-electron chi connectivity index (χ0n) is 59.8. The summed E-state index contributed by atoms with van der Waals surface area (Å²) in [6.07, 6.45) is 80.5. The van der Waals surface area contributed by atoms with Gasteiger partial charge in [-0.25, -0.2) is 0 Å². The van der Waals surface area contributed by atoms with Crippen molar-refractivity contribution in [2.75, 3.05) is 19.8 Å². The quantitative estimate of drug-likeness (QED) is 0.0195. The van der Waals surface area contributed by atoms with Crippen LogP contribution in [0.3, 0.4) is 0 Å². The maximum absolute atomic E-state index is 13.0. The molecular weight excluding hydrogens is 1130 g/mol. The molecule has 1 rings (SSSR count). The topological polar surface area (TPSA) is 175 Å². The fraction of sp³-hybridized carbons (Fsp3) is 0.900. The SMILES string of the molecule is CCCCC/C=C\C/C=C\CCCCCCCCCCCC(=O)OCCCCCCCCCCCCCCCCCCCCCCCCCCCCCCCCCCCCCC(=O)NC(COC1OC(CO)C(O)C(O)C1O)C(O)/C=C/CCCCCCCCC. The third-order valence-corrected chi connectivity index (χ3v) is 19.0. The second-order valence-electron chi connectivity index (χ2n) is 27.8. The highest BCUT2D eigenvalue weighted by molar-refractivity contribution is 5.76. The second-order valence-corrected chi connectivity index (χ2v) is 27.8. The van der Waals surface area contributed by atoms with E-state index in [-0.39, 0.29) is 18.5 Å². The van der Waals surface area contributed by atoms with Crippen LogP contribution < -0.4 is 5.32 Å². The molecule has 0 radical (unpaired) electrons. The van der Waals surface area contributed by atoms with Gasteiger partial charge in [-0.1, -0.05) is 359 Å². The Morgan fingerprint density at radius 2 is 0.736 bits per heavy atom. The van der Waals surface area contributed by atoms with Gasteiger partial charge in [0.1, 0.15) is 24.4 Å². The van der Waals surface area contributed by atoms with Crippen molar-refractivity contribution >= 4 is 11.9 Å². The van der Waals surface area contributed by atoms with E-state index in [9.17, 15) is 35.1 Å². The minimum absolute atomic E-state index is 0.0127. The van der Waals surface area contributed by atoms with Crippen LogP contribution in [0.25, 0.3) is 0 Å². The van der Waals surface area contributed by atoms with Gasteiger partial charge >= 0.3 is 5.97 Å². The average Bonchev–Trinajstić information content (AvgIpc) is 1.27. The van der Waals surface area contributed by atoms with Gasteiger partial charge in [0.25, 0.3) is 0 Å². The third kappa shape index (κ3) is 57.8. The molecule has 1 aliphatic rings. The summed E-state index contributed by atoms with van der Waals surface area (Å²) in [6.45, 7) is 4.34. The van der Waals surface area contributed by atoms with E-state index in [4.69, 9.17) is 14.2 Å². The lowest BCUT2D eigenvalue weighted by molar-refractivity contribution is -0.302. The first-order chi connectivity index (χ1) is 44.7. The van der Waals surface area contributed by atoms with Crippen LogP contribution in [0.1, 0.15) is 399 Å². The number of allylic oxidation sites excluding steroid dienone is 5. The van der Waals surface area contributed by atoms with Crippen LogP contribution in [-0.4, -0.2) is 100 Å². The Bertz CT molecular complexity index is 1610. The number of unbranched alkanes of at least 4 members (excludes halogenated alkanes) is 53. The Hall–Kier alpha value is -2.12. The smallest absolute Gasteiger partial charge is 0.305 e. The van der Waals surface area contributed by atoms with Gasteiger partial charge < -0.3 is 45.1 Å². The summed E-state index contributed by atoms with van der Waals surface area (Å²) in [7, 11) is 0. The summed E-state index contributed by atoms with van der Waals surface area (Å²) in [5, 5.41) is 54.3. The van der Waals surface area contributed by atoms with Gasteiger partial charge in [0.15, 0.2) is 6.29 Å². The van der Waals surface area contributed by atoms with Crippen LogP contribution in [-0.2, 0) is 23.8 Å². The van der Waals surface area contributed by atoms with Crippen LogP contribution in [0.5, 0.6) is 0 Å². The number of ether oxygens (including phenoxy) is 3. The number of nitrogens with one attached hydrogen (secondary N) is 1. The van der Waals surface area contributed by atoms with Gasteiger partial charge in [-0.3, -0.25) is 9.59 Å². The molecule has 1 amide bonds. The molecule has 0 aromatic heterocycles. The molecular formula is C80H151NO10. The fourth-order valence-corrected chi connectivity index (χ4v) is 12.8. The van der Waals surface area contributed by atoms with Gasteiger partial charge in [0, 0.05) is 12.8 Å². The Kier molecular flexibility index (Phi) is 66.1. The summed E-state index contributed by atoms with van der Waals surface area (Å²) in [5.74, 6) is -0.164. The molecule has 1 saturated heterocycles. The molecule has 11 nitrogen and oxygen atoms in total. The second kappa shape index (κ2) is 69.2. The summed E-state index contributed by atoms with van der Waals surface area (Å²) >= 11 is 0. The van der Waals surface area contributed by atoms with Crippen LogP contribution in [0, 0.1) is 0 Å². The monoisotopic (exact) mass is 1290 g/mol. The lowest BCUT2D eigenvalue weighted by Crippen LogP contribution is -2.60. The van der Waals surface area contributed by atoms with Crippen molar-refractivity contribution < 1.29 is 49.3 Å². The number of esters is 1. The number of carbonyl (C=O) groups excluding carboxylic acids is 2.